The minimum Gasteiger partial charge on any atom is -0.400 e. The molecule has 2 nitrogen and oxygen atoms in total. The summed E-state index contributed by atoms with van der Waals surface area (Å²) < 4.78 is 11.8. The van der Waals surface area contributed by atoms with Gasteiger partial charge in [0.25, 0.3) is 0 Å². The Morgan fingerprint density at radius 1 is 1.00 bits per heavy atom. The van der Waals surface area contributed by atoms with E-state index in [1.54, 1.807) is 0 Å². The van der Waals surface area contributed by atoms with Crippen LogP contribution in [0.4, 0.5) is 0 Å². The largest absolute Gasteiger partial charge is 0.486 e. The second-order valence-electron chi connectivity index (χ2n) is 6.08. The van der Waals surface area contributed by atoms with E-state index in [0.717, 1.165) is 12.8 Å². The monoisotopic (exact) mass is 258 g/mol. The normalized spacial score (nSPS) is 21.2. The van der Waals surface area contributed by atoms with Crippen LogP contribution in [0.25, 0.3) is 0 Å². The Morgan fingerprint density at radius 3 is 2.16 bits per heavy atom. The second kappa shape index (κ2) is 5.52. The van der Waals surface area contributed by atoms with E-state index in [2.05, 4.69) is 58.0 Å². The van der Waals surface area contributed by atoms with E-state index in [4.69, 9.17) is 9.31 Å². The van der Waals surface area contributed by atoms with Gasteiger partial charge in [-0.25, -0.2) is 0 Å². The Morgan fingerprint density at radius 2 is 1.58 bits per heavy atom. The van der Waals surface area contributed by atoms with E-state index >= 15 is 0 Å². The Hall–Kier alpha value is -1.06. The van der Waals surface area contributed by atoms with Crippen molar-refractivity contribution in [2.75, 3.05) is 0 Å². The molecule has 19 heavy (non-hydrogen) atoms. The molecule has 0 amide bonds. The van der Waals surface area contributed by atoms with Crippen molar-refractivity contribution in [1.82, 2.24) is 0 Å². The van der Waals surface area contributed by atoms with Gasteiger partial charge in [-0.05, 0) is 46.1 Å². The fourth-order valence-electron chi connectivity index (χ4n) is 2.07. The van der Waals surface area contributed by atoms with Gasteiger partial charge in [-0.3, -0.25) is 0 Å². The lowest BCUT2D eigenvalue weighted by Gasteiger charge is -2.32. The molecule has 2 rings (SSSR count). The van der Waals surface area contributed by atoms with Crippen LogP contribution in [0.3, 0.4) is 0 Å². The van der Waals surface area contributed by atoms with E-state index in [9.17, 15) is 0 Å². The lowest BCUT2D eigenvalue weighted by Crippen LogP contribution is -2.41. The summed E-state index contributed by atoms with van der Waals surface area (Å²) in [6, 6.07) is 10.5. The summed E-state index contributed by atoms with van der Waals surface area (Å²) in [6.07, 6.45) is 4.21. The van der Waals surface area contributed by atoms with Crippen molar-refractivity contribution in [3.05, 3.63) is 47.9 Å². The maximum Gasteiger partial charge on any atom is 0.486 e. The number of rotatable bonds is 4. The average molecular weight is 258 g/mol. The van der Waals surface area contributed by atoms with Crippen molar-refractivity contribution >= 4 is 7.12 Å². The lowest BCUT2D eigenvalue weighted by molar-refractivity contribution is 0.00578. The van der Waals surface area contributed by atoms with Gasteiger partial charge in [0, 0.05) is 0 Å². The van der Waals surface area contributed by atoms with Crippen LogP contribution in [0.5, 0.6) is 0 Å². The van der Waals surface area contributed by atoms with Gasteiger partial charge in [-0.15, -0.1) is 0 Å². The molecule has 1 aromatic rings. The molecule has 1 fully saturated rings. The first-order valence-corrected chi connectivity index (χ1v) is 6.97. The first-order chi connectivity index (χ1) is 8.91. The van der Waals surface area contributed by atoms with Crippen molar-refractivity contribution in [1.29, 1.82) is 0 Å². The highest BCUT2D eigenvalue weighted by Gasteiger charge is 2.49. The van der Waals surface area contributed by atoms with Gasteiger partial charge in [-0.1, -0.05) is 42.4 Å². The molecule has 0 aliphatic carbocycles. The Labute approximate surface area is 117 Å². The van der Waals surface area contributed by atoms with Crippen LogP contribution >= 0.6 is 0 Å². The second-order valence-corrected chi connectivity index (χ2v) is 6.08. The van der Waals surface area contributed by atoms with E-state index < -0.39 is 0 Å². The fraction of sp³-hybridized carbons (Fsp3) is 0.500. The van der Waals surface area contributed by atoms with E-state index in [1.165, 1.54) is 5.56 Å². The van der Waals surface area contributed by atoms with Crippen LogP contribution in [0.15, 0.2) is 42.4 Å². The van der Waals surface area contributed by atoms with E-state index in [1.807, 2.05) is 12.0 Å². The standard InChI is InChI=1S/C16H23BO2/c1-15(2)16(3,4)19-17(18-15)13-9-8-12-14-10-6-5-7-11-14/h5-7,9-11,13H,8,12H2,1-4H3. The summed E-state index contributed by atoms with van der Waals surface area (Å²) in [4.78, 5) is 0. The maximum absolute atomic E-state index is 5.91. The molecule has 0 radical (unpaired) electrons. The van der Waals surface area contributed by atoms with E-state index in [-0.39, 0.29) is 18.3 Å². The summed E-state index contributed by atoms with van der Waals surface area (Å²) in [5.74, 6) is 2.03. The van der Waals surface area contributed by atoms with Gasteiger partial charge in [0.2, 0.25) is 0 Å². The molecule has 0 spiro atoms. The molecule has 0 aromatic heterocycles. The molecular weight excluding hydrogens is 235 g/mol. The number of allylic oxidation sites excluding steroid dienone is 1. The summed E-state index contributed by atoms with van der Waals surface area (Å²) in [6.45, 7) is 8.30. The molecule has 1 saturated heterocycles. The van der Waals surface area contributed by atoms with Gasteiger partial charge in [0.1, 0.15) is 0 Å². The Kier molecular flexibility index (Phi) is 4.17. The quantitative estimate of drug-likeness (QED) is 0.764. The van der Waals surface area contributed by atoms with Gasteiger partial charge in [0.05, 0.1) is 11.2 Å². The first-order valence-electron chi connectivity index (χ1n) is 6.97. The van der Waals surface area contributed by atoms with Crippen LogP contribution in [0.2, 0.25) is 0 Å². The molecular formula is C16H23BO2. The molecule has 0 bridgehead atoms. The van der Waals surface area contributed by atoms with Crippen LogP contribution in [0, 0.1) is 0 Å². The lowest BCUT2D eigenvalue weighted by atomic mass is 9.89. The SMILES string of the molecule is CC1(C)OB(C=CCCc2ccccc2)OC1(C)C. The topological polar surface area (TPSA) is 18.5 Å². The summed E-state index contributed by atoms with van der Waals surface area (Å²) in [5, 5.41) is 0. The fourth-order valence-corrected chi connectivity index (χ4v) is 2.07. The van der Waals surface area contributed by atoms with Crippen molar-refractivity contribution in [3.8, 4) is 0 Å². The minimum absolute atomic E-state index is 0.222. The number of hydrogen-bond donors (Lipinski definition) is 0. The predicted octanol–water partition coefficient (Wildman–Crippen LogP) is 3.81. The zero-order chi connectivity index (χ0) is 13.9. The summed E-state index contributed by atoms with van der Waals surface area (Å²) in [5.41, 5.74) is 0.865. The van der Waals surface area contributed by atoms with Crippen molar-refractivity contribution in [2.45, 2.75) is 51.7 Å². The molecule has 0 atom stereocenters. The van der Waals surface area contributed by atoms with Crippen molar-refractivity contribution < 1.29 is 9.31 Å². The highest BCUT2D eigenvalue weighted by atomic mass is 16.7. The molecule has 102 valence electrons. The van der Waals surface area contributed by atoms with Gasteiger partial charge in [-0.2, -0.15) is 0 Å². The summed E-state index contributed by atoms with van der Waals surface area (Å²) in [7, 11) is -0.222. The number of hydrogen-bond acceptors (Lipinski definition) is 2. The van der Waals surface area contributed by atoms with Gasteiger partial charge in [0.15, 0.2) is 0 Å². The summed E-state index contributed by atoms with van der Waals surface area (Å²) >= 11 is 0. The maximum atomic E-state index is 5.91. The zero-order valence-electron chi connectivity index (χ0n) is 12.3. The van der Waals surface area contributed by atoms with Crippen LogP contribution < -0.4 is 0 Å². The smallest absolute Gasteiger partial charge is 0.400 e. The molecule has 1 aromatic carbocycles. The Bertz CT molecular complexity index is 421. The minimum atomic E-state index is -0.249. The highest BCUT2D eigenvalue weighted by Crippen LogP contribution is 2.36. The van der Waals surface area contributed by atoms with Crippen molar-refractivity contribution in [2.24, 2.45) is 0 Å². The Balaban J connectivity index is 1.82. The third kappa shape index (κ3) is 3.49. The molecule has 0 saturated carbocycles. The van der Waals surface area contributed by atoms with Crippen LogP contribution in [-0.4, -0.2) is 18.3 Å². The van der Waals surface area contributed by atoms with Crippen LogP contribution in [-0.2, 0) is 15.7 Å². The molecule has 0 unspecified atom stereocenters. The molecule has 1 heterocycles. The average Bonchev–Trinajstić information content (AvgIpc) is 2.55. The molecule has 1 aliphatic rings. The molecule has 0 N–H and O–H groups in total. The first kappa shape index (κ1) is 14.4. The van der Waals surface area contributed by atoms with Gasteiger partial charge >= 0.3 is 7.12 Å². The number of benzene rings is 1. The number of aryl methyl sites for hydroxylation is 1. The third-order valence-electron chi connectivity index (χ3n) is 4.01. The van der Waals surface area contributed by atoms with E-state index in [0.29, 0.717) is 0 Å². The van der Waals surface area contributed by atoms with Crippen molar-refractivity contribution in [3.63, 3.8) is 0 Å². The third-order valence-corrected chi connectivity index (χ3v) is 4.01. The van der Waals surface area contributed by atoms with Crippen LogP contribution in [0.1, 0.15) is 39.7 Å². The molecule has 1 aliphatic heterocycles. The highest BCUT2D eigenvalue weighted by molar-refractivity contribution is 6.51. The zero-order valence-corrected chi connectivity index (χ0v) is 12.3. The van der Waals surface area contributed by atoms with Gasteiger partial charge < -0.3 is 9.31 Å². The molecule has 3 heteroatoms. The predicted molar refractivity (Wildman–Crippen MR) is 80.0 cm³/mol.